The summed E-state index contributed by atoms with van der Waals surface area (Å²) < 4.78 is 0. The Labute approximate surface area is 123 Å². The van der Waals surface area contributed by atoms with Crippen molar-refractivity contribution in [3.8, 4) is 0 Å². The van der Waals surface area contributed by atoms with Gasteiger partial charge in [0.25, 0.3) is 0 Å². The second-order valence-corrected chi connectivity index (χ2v) is 5.13. The lowest BCUT2D eigenvalue weighted by atomic mass is 9.93. The number of hydrogen-bond acceptors (Lipinski definition) is 3. The Morgan fingerprint density at radius 2 is 1.90 bits per heavy atom. The van der Waals surface area contributed by atoms with Gasteiger partial charge in [-0.15, -0.1) is 0 Å². The molecular weight excluding hydrogens is 266 g/mol. The summed E-state index contributed by atoms with van der Waals surface area (Å²) in [5, 5.41) is 0.985. The van der Waals surface area contributed by atoms with Crippen molar-refractivity contribution in [2.75, 3.05) is 0 Å². The fourth-order valence-electron chi connectivity index (χ4n) is 2.40. The van der Waals surface area contributed by atoms with Crippen LogP contribution in [0.4, 0.5) is 0 Å². The summed E-state index contributed by atoms with van der Waals surface area (Å²) in [6, 6.07) is 9.68. The van der Waals surface area contributed by atoms with Crippen LogP contribution in [0.15, 0.2) is 36.5 Å². The highest BCUT2D eigenvalue weighted by Gasteiger charge is 2.18. The fourth-order valence-corrected chi connectivity index (χ4v) is 2.40. The van der Waals surface area contributed by atoms with Crippen molar-refractivity contribution in [3.63, 3.8) is 0 Å². The average molecular weight is 285 g/mol. The van der Waals surface area contributed by atoms with Crippen molar-refractivity contribution in [1.82, 2.24) is 4.98 Å². The molecule has 1 aromatic heterocycles. The van der Waals surface area contributed by atoms with Gasteiger partial charge in [-0.25, -0.2) is 0 Å². The van der Waals surface area contributed by atoms with Crippen molar-refractivity contribution in [1.29, 1.82) is 0 Å². The van der Waals surface area contributed by atoms with E-state index in [9.17, 15) is 9.59 Å². The number of aromatic nitrogens is 1. The Bertz CT molecular complexity index is 655. The molecule has 1 unspecified atom stereocenters. The minimum Gasteiger partial charge on any atom is -0.370 e. The van der Waals surface area contributed by atoms with Crippen molar-refractivity contribution >= 4 is 22.7 Å². The minimum absolute atomic E-state index is 0.321. The van der Waals surface area contributed by atoms with E-state index < -0.39 is 0 Å². The molecular formula is C16H19N3O2. The molecule has 2 aromatic rings. The largest absolute Gasteiger partial charge is 0.370 e. The maximum atomic E-state index is 11.7. The molecule has 5 nitrogen and oxygen atoms in total. The topological polar surface area (TPSA) is 99.1 Å². The first-order valence-corrected chi connectivity index (χ1v) is 7.00. The number of amides is 2. The summed E-state index contributed by atoms with van der Waals surface area (Å²) in [7, 11) is 0. The van der Waals surface area contributed by atoms with Crippen LogP contribution in [0, 0.1) is 0 Å². The highest BCUT2D eigenvalue weighted by Crippen LogP contribution is 2.24. The lowest BCUT2D eigenvalue weighted by Crippen LogP contribution is -2.21. The van der Waals surface area contributed by atoms with Crippen LogP contribution in [-0.4, -0.2) is 16.8 Å². The Morgan fingerprint density at radius 3 is 2.62 bits per heavy atom. The number of rotatable bonds is 7. The maximum Gasteiger partial charge on any atom is 0.225 e. The molecule has 2 amide bonds. The number of nitrogens with two attached hydrogens (primary N) is 2. The minimum atomic E-state index is -0.380. The van der Waals surface area contributed by atoms with Gasteiger partial charge in [0.2, 0.25) is 11.8 Å². The molecule has 0 fully saturated rings. The molecule has 1 atom stereocenters. The van der Waals surface area contributed by atoms with Crippen LogP contribution in [0.1, 0.15) is 37.2 Å². The molecule has 1 aromatic carbocycles. The van der Waals surface area contributed by atoms with Gasteiger partial charge in [-0.3, -0.25) is 14.6 Å². The molecule has 0 aliphatic rings. The predicted molar refractivity (Wildman–Crippen MR) is 81.3 cm³/mol. The molecule has 0 saturated carbocycles. The third kappa shape index (κ3) is 4.02. The fraction of sp³-hybridized carbons (Fsp3) is 0.312. The lowest BCUT2D eigenvalue weighted by molar-refractivity contribution is -0.119. The van der Waals surface area contributed by atoms with Crippen molar-refractivity contribution < 1.29 is 9.59 Å². The normalized spacial score (nSPS) is 12.2. The SMILES string of the molecule is NC(=O)CCCCC(C(N)=O)c1cnc2ccccc2c1. The van der Waals surface area contributed by atoms with Gasteiger partial charge in [0.1, 0.15) is 0 Å². The van der Waals surface area contributed by atoms with Gasteiger partial charge in [0, 0.05) is 18.0 Å². The van der Waals surface area contributed by atoms with Gasteiger partial charge in [0.15, 0.2) is 0 Å². The van der Waals surface area contributed by atoms with E-state index in [1.54, 1.807) is 6.20 Å². The molecule has 5 heteroatoms. The van der Waals surface area contributed by atoms with Gasteiger partial charge in [-0.05, 0) is 30.5 Å². The Hall–Kier alpha value is -2.43. The van der Waals surface area contributed by atoms with E-state index in [1.807, 2.05) is 30.3 Å². The summed E-state index contributed by atoms with van der Waals surface area (Å²) in [6.45, 7) is 0. The van der Waals surface area contributed by atoms with Gasteiger partial charge in [-0.2, -0.15) is 0 Å². The average Bonchev–Trinajstić information content (AvgIpc) is 2.46. The standard InChI is InChI=1S/C16H19N3O2/c17-15(20)8-4-2-6-13(16(18)21)12-9-11-5-1-3-7-14(11)19-10-12/h1,3,5,7,9-10,13H,2,4,6,8H2,(H2,17,20)(H2,18,21). The zero-order valence-electron chi connectivity index (χ0n) is 11.8. The smallest absolute Gasteiger partial charge is 0.225 e. The van der Waals surface area contributed by atoms with E-state index in [1.165, 1.54) is 0 Å². The summed E-state index contributed by atoms with van der Waals surface area (Å²) >= 11 is 0. The number of nitrogens with zero attached hydrogens (tertiary/aromatic N) is 1. The molecule has 4 N–H and O–H groups in total. The quantitative estimate of drug-likeness (QED) is 0.759. The number of carbonyl (C=O) groups is 2. The first-order chi connectivity index (χ1) is 10.1. The van der Waals surface area contributed by atoms with E-state index >= 15 is 0 Å². The summed E-state index contributed by atoms with van der Waals surface area (Å²) in [6.07, 6.45) is 4.03. The number of hydrogen-bond donors (Lipinski definition) is 2. The van der Waals surface area contributed by atoms with Crippen molar-refractivity contribution in [2.45, 2.75) is 31.6 Å². The molecule has 2 rings (SSSR count). The van der Waals surface area contributed by atoms with Gasteiger partial charge >= 0.3 is 0 Å². The van der Waals surface area contributed by atoms with E-state index in [4.69, 9.17) is 11.5 Å². The second-order valence-electron chi connectivity index (χ2n) is 5.13. The molecule has 21 heavy (non-hydrogen) atoms. The molecule has 0 aliphatic heterocycles. The first kappa shape index (κ1) is 15.0. The molecule has 1 heterocycles. The van der Waals surface area contributed by atoms with Gasteiger partial charge < -0.3 is 11.5 Å². The Balaban J connectivity index is 2.12. The summed E-state index contributed by atoms with van der Waals surface area (Å²) in [4.78, 5) is 26.7. The molecule has 0 aliphatic carbocycles. The number of primary amides is 2. The summed E-state index contributed by atoms with van der Waals surface area (Å²) in [5.41, 5.74) is 12.3. The van der Waals surface area contributed by atoms with E-state index in [-0.39, 0.29) is 17.7 Å². The van der Waals surface area contributed by atoms with Crippen LogP contribution in [0.2, 0.25) is 0 Å². The van der Waals surface area contributed by atoms with E-state index in [2.05, 4.69) is 4.98 Å². The third-order valence-corrected chi connectivity index (χ3v) is 3.52. The van der Waals surface area contributed by atoms with Crippen LogP contribution >= 0.6 is 0 Å². The van der Waals surface area contributed by atoms with Crippen molar-refractivity contribution in [2.24, 2.45) is 11.5 Å². The van der Waals surface area contributed by atoms with E-state index in [0.29, 0.717) is 19.3 Å². The molecule has 0 bridgehead atoms. The lowest BCUT2D eigenvalue weighted by Gasteiger charge is -2.13. The highest BCUT2D eigenvalue weighted by atomic mass is 16.1. The van der Waals surface area contributed by atoms with Crippen LogP contribution < -0.4 is 11.5 Å². The number of fused-ring (bicyclic) bond motifs is 1. The number of benzene rings is 1. The number of para-hydroxylation sites is 1. The summed E-state index contributed by atoms with van der Waals surface area (Å²) in [5.74, 6) is -1.07. The van der Waals surface area contributed by atoms with Crippen LogP contribution in [0.5, 0.6) is 0 Å². The molecule has 0 saturated heterocycles. The third-order valence-electron chi connectivity index (χ3n) is 3.52. The number of unbranched alkanes of at least 4 members (excludes halogenated alkanes) is 1. The van der Waals surface area contributed by atoms with Crippen molar-refractivity contribution in [3.05, 3.63) is 42.1 Å². The number of pyridine rings is 1. The zero-order chi connectivity index (χ0) is 15.2. The van der Waals surface area contributed by atoms with Gasteiger partial charge in [0.05, 0.1) is 11.4 Å². The molecule has 110 valence electrons. The Kier molecular flexibility index (Phi) is 4.87. The van der Waals surface area contributed by atoms with E-state index in [0.717, 1.165) is 22.9 Å². The maximum absolute atomic E-state index is 11.7. The Morgan fingerprint density at radius 1 is 1.14 bits per heavy atom. The van der Waals surface area contributed by atoms with Crippen LogP contribution in [0.3, 0.4) is 0 Å². The zero-order valence-corrected chi connectivity index (χ0v) is 11.8. The number of carbonyl (C=O) groups excluding carboxylic acids is 2. The molecule has 0 radical (unpaired) electrons. The first-order valence-electron chi connectivity index (χ1n) is 7.00. The molecule has 0 spiro atoms. The van der Waals surface area contributed by atoms with Gasteiger partial charge in [-0.1, -0.05) is 24.6 Å². The van der Waals surface area contributed by atoms with Crippen LogP contribution in [0.25, 0.3) is 10.9 Å². The highest BCUT2D eigenvalue weighted by molar-refractivity contribution is 5.85. The second kappa shape index (κ2) is 6.83. The predicted octanol–water partition coefficient (Wildman–Crippen LogP) is 1.85. The monoisotopic (exact) mass is 285 g/mol. The van der Waals surface area contributed by atoms with Crippen LogP contribution in [-0.2, 0) is 9.59 Å².